The van der Waals surface area contributed by atoms with E-state index in [1.807, 2.05) is 32.0 Å². The number of amides is 1. The Morgan fingerprint density at radius 3 is 2.36 bits per heavy atom. The molecule has 0 unspecified atom stereocenters. The lowest BCUT2D eigenvalue weighted by Crippen LogP contribution is -2.34. The minimum Gasteiger partial charge on any atom is -0.493 e. The number of aromatic nitrogens is 2. The van der Waals surface area contributed by atoms with Gasteiger partial charge in [0.15, 0.2) is 11.5 Å². The van der Waals surface area contributed by atoms with Crippen molar-refractivity contribution in [3.8, 4) is 17.2 Å². The summed E-state index contributed by atoms with van der Waals surface area (Å²) in [6.45, 7) is 4.99. The van der Waals surface area contributed by atoms with Crippen molar-refractivity contribution in [2.75, 3.05) is 33.2 Å². The quantitative estimate of drug-likeness (QED) is 0.485. The van der Waals surface area contributed by atoms with Gasteiger partial charge >= 0.3 is 0 Å². The maximum atomic E-state index is 12.7. The lowest BCUT2D eigenvalue weighted by molar-refractivity contribution is -0.116. The number of carbonyl (C=O) groups is 1. The molecule has 1 amide bonds. The zero-order valence-corrected chi connectivity index (χ0v) is 19.6. The van der Waals surface area contributed by atoms with Crippen LogP contribution in [0.3, 0.4) is 0 Å². The van der Waals surface area contributed by atoms with Crippen LogP contribution in [0.2, 0.25) is 0 Å². The number of ether oxygens (including phenoxy) is 3. The molecule has 3 aromatic rings. The molecule has 0 fully saturated rings. The highest BCUT2D eigenvalue weighted by Gasteiger charge is 2.17. The number of nitrogens with one attached hydrogen (secondary N) is 2. The van der Waals surface area contributed by atoms with Crippen LogP contribution >= 0.6 is 0 Å². The fourth-order valence-electron chi connectivity index (χ4n) is 3.54. The minimum atomic E-state index is -0.167. The molecule has 1 heterocycles. The van der Waals surface area contributed by atoms with Crippen LogP contribution in [0.4, 0.5) is 5.69 Å². The predicted molar refractivity (Wildman–Crippen MR) is 127 cm³/mol. The van der Waals surface area contributed by atoms with Gasteiger partial charge in [-0.15, -0.1) is 0 Å². The third-order valence-corrected chi connectivity index (χ3v) is 5.32. The summed E-state index contributed by atoms with van der Waals surface area (Å²) >= 11 is 0. The van der Waals surface area contributed by atoms with E-state index >= 15 is 0 Å². The lowest BCUT2D eigenvalue weighted by atomic mass is 10.2. The van der Waals surface area contributed by atoms with Crippen LogP contribution in [-0.2, 0) is 11.3 Å². The number of carbonyl (C=O) groups excluding carboxylic acids is 1. The number of anilines is 1. The number of hydrogen-bond acceptors (Lipinski definition) is 7. The molecule has 2 N–H and O–H groups in total. The monoisotopic (exact) mass is 454 g/mol. The Balaban J connectivity index is 1.68. The highest BCUT2D eigenvalue weighted by atomic mass is 16.5. The number of para-hydroxylation sites is 1. The van der Waals surface area contributed by atoms with Gasteiger partial charge in [-0.2, -0.15) is 0 Å². The van der Waals surface area contributed by atoms with Crippen molar-refractivity contribution in [2.24, 2.45) is 0 Å². The molecular weight excluding hydrogens is 424 g/mol. The predicted octanol–water partition coefficient (Wildman–Crippen LogP) is 3.19. The Labute approximate surface area is 192 Å². The molecule has 3 rings (SSSR count). The molecule has 33 heavy (non-hydrogen) atoms. The molecule has 9 nitrogen and oxygen atoms in total. The Morgan fingerprint density at radius 1 is 1.09 bits per heavy atom. The van der Waals surface area contributed by atoms with Crippen LogP contribution < -0.4 is 25.1 Å². The molecule has 0 aliphatic carbocycles. The fourth-order valence-corrected chi connectivity index (χ4v) is 3.54. The Kier molecular flexibility index (Phi) is 7.89. The van der Waals surface area contributed by atoms with Crippen molar-refractivity contribution >= 4 is 22.5 Å². The first-order valence-electron chi connectivity index (χ1n) is 10.7. The average molecular weight is 455 g/mol. The number of rotatable bonds is 10. The molecule has 0 saturated heterocycles. The van der Waals surface area contributed by atoms with Crippen molar-refractivity contribution in [3.05, 3.63) is 52.6 Å². The number of H-pyrrole nitrogens is 1. The molecule has 9 heteroatoms. The van der Waals surface area contributed by atoms with E-state index in [9.17, 15) is 9.59 Å². The summed E-state index contributed by atoms with van der Waals surface area (Å²) in [6, 6.07) is 10.7. The van der Waals surface area contributed by atoms with E-state index in [0.29, 0.717) is 52.8 Å². The van der Waals surface area contributed by atoms with Gasteiger partial charge in [-0.3, -0.25) is 14.5 Å². The van der Waals surface area contributed by atoms with Gasteiger partial charge in [0.05, 0.1) is 38.8 Å². The highest BCUT2D eigenvalue weighted by Crippen LogP contribution is 2.39. The summed E-state index contributed by atoms with van der Waals surface area (Å²) < 4.78 is 16.0. The smallest absolute Gasteiger partial charge is 0.258 e. The van der Waals surface area contributed by atoms with Crippen LogP contribution in [0.15, 0.2) is 41.2 Å². The van der Waals surface area contributed by atoms with Crippen LogP contribution in [0.5, 0.6) is 17.2 Å². The molecule has 1 aromatic heterocycles. The third kappa shape index (κ3) is 5.81. The molecule has 176 valence electrons. The topological polar surface area (TPSA) is 106 Å². The van der Waals surface area contributed by atoms with Crippen molar-refractivity contribution in [1.29, 1.82) is 0 Å². The Hall–Kier alpha value is -3.59. The number of methoxy groups -OCH3 is 3. The Bertz CT molecular complexity index is 1150. The van der Waals surface area contributed by atoms with Gasteiger partial charge in [0.1, 0.15) is 5.82 Å². The fraction of sp³-hybridized carbons (Fsp3) is 0.375. The summed E-state index contributed by atoms with van der Waals surface area (Å²) in [5, 5.41) is 3.44. The van der Waals surface area contributed by atoms with E-state index in [2.05, 4.69) is 20.2 Å². The van der Waals surface area contributed by atoms with Gasteiger partial charge in [-0.25, -0.2) is 4.98 Å². The van der Waals surface area contributed by atoms with E-state index in [-0.39, 0.29) is 23.9 Å². The Morgan fingerprint density at radius 2 is 1.76 bits per heavy atom. The van der Waals surface area contributed by atoms with Crippen LogP contribution in [-0.4, -0.2) is 54.7 Å². The molecule has 0 aliphatic rings. The zero-order chi connectivity index (χ0) is 24.0. The van der Waals surface area contributed by atoms with Crippen molar-refractivity contribution in [1.82, 2.24) is 14.9 Å². The van der Waals surface area contributed by atoms with Crippen LogP contribution in [0.1, 0.15) is 26.1 Å². The SMILES string of the molecule is COc1cc(NC(=O)CCN(Cc2nc3ccccc3c(=O)[nH]2)C(C)C)cc(OC)c1OC. The van der Waals surface area contributed by atoms with Crippen LogP contribution in [0.25, 0.3) is 10.9 Å². The van der Waals surface area contributed by atoms with Crippen molar-refractivity contribution in [2.45, 2.75) is 32.9 Å². The van der Waals surface area contributed by atoms with Gasteiger partial charge in [-0.1, -0.05) is 12.1 Å². The van der Waals surface area contributed by atoms with Crippen LogP contribution in [0, 0.1) is 0 Å². The number of aromatic amines is 1. The second-order valence-electron chi connectivity index (χ2n) is 7.81. The number of nitrogens with zero attached hydrogens (tertiary/aromatic N) is 2. The molecule has 0 aliphatic heterocycles. The van der Waals surface area contributed by atoms with Gasteiger partial charge in [0, 0.05) is 36.8 Å². The van der Waals surface area contributed by atoms with Crippen molar-refractivity contribution < 1.29 is 19.0 Å². The minimum absolute atomic E-state index is 0.149. The average Bonchev–Trinajstić information content (AvgIpc) is 2.80. The van der Waals surface area contributed by atoms with Gasteiger partial charge in [-0.05, 0) is 26.0 Å². The largest absolute Gasteiger partial charge is 0.493 e. The number of benzene rings is 2. The standard InChI is InChI=1S/C24H30N4O5/c1-15(2)28(14-21-26-18-9-7-6-8-17(18)24(30)27-21)11-10-22(29)25-16-12-19(31-3)23(33-5)20(13-16)32-4/h6-9,12-13,15H,10-11,14H2,1-5H3,(H,25,29)(H,26,27,30). The molecule has 2 aromatic carbocycles. The van der Waals surface area contributed by atoms with Gasteiger partial charge in [0.25, 0.3) is 5.56 Å². The summed E-state index contributed by atoms with van der Waals surface area (Å²) in [5.74, 6) is 1.79. The number of hydrogen-bond donors (Lipinski definition) is 2. The first-order valence-corrected chi connectivity index (χ1v) is 10.7. The first kappa shape index (κ1) is 24.1. The van der Waals surface area contributed by atoms with E-state index in [1.165, 1.54) is 21.3 Å². The lowest BCUT2D eigenvalue weighted by Gasteiger charge is -2.25. The molecule has 0 radical (unpaired) electrons. The summed E-state index contributed by atoms with van der Waals surface area (Å²) in [5.41, 5.74) is 1.03. The molecule has 0 atom stereocenters. The number of fused-ring (bicyclic) bond motifs is 1. The second-order valence-corrected chi connectivity index (χ2v) is 7.81. The molecule has 0 bridgehead atoms. The highest BCUT2D eigenvalue weighted by molar-refractivity contribution is 5.91. The first-order chi connectivity index (χ1) is 15.9. The molecular formula is C24H30N4O5. The van der Waals surface area contributed by atoms with Crippen molar-refractivity contribution in [3.63, 3.8) is 0 Å². The second kappa shape index (κ2) is 10.8. The van der Waals surface area contributed by atoms with Gasteiger partial charge in [0.2, 0.25) is 11.7 Å². The summed E-state index contributed by atoms with van der Waals surface area (Å²) in [4.78, 5) is 34.5. The zero-order valence-electron chi connectivity index (χ0n) is 19.6. The summed E-state index contributed by atoms with van der Waals surface area (Å²) in [6.07, 6.45) is 0.257. The van der Waals surface area contributed by atoms with E-state index in [0.717, 1.165) is 0 Å². The molecule has 0 saturated carbocycles. The maximum Gasteiger partial charge on any atom is 0.258 e. The maximum absolute atomic E-state index is 12.7. The summed E-state index contributed by atoms with van der Waals surface area (Å²) in [7, 11) is 4.57. The third-order valence-electron chi connectivity index (χ3n) is 5.32. The van der Waals surface area contributed by atoms with E-state index < -0.39 is 0 Å². The van der Waals surface area contributed by atoms with E-state index in [1.54, 1.807) is 18.2 Å². The van der Waals surface area contributed by atoms with Gasteiger partial charge < -0.3 is 24.5 Å². The van der Waals surface area contributed by atoms with E-state index in [4.69, 9.17) is 14.2 Å². The normalized spacial score (nSPS) is 11.1. The molecule has 0 spiro atoms.